The fourth-order valence-corrected chi connectivity index (χ4v) is 4.17. The normalized spacial score (nSPS) is 24.5. The molecule has 2 aliphatic rings. The van der Waals surface area contributed by atoms with Gasteiger partial charge in [0.05, 0.1) is 13.7 Å². The SMILES string of the molecule is COc1ccc(-n2ccnc2CN2CCC3(CCCNC3)C2)cc1. The number of hydrogen-bond donors (Lipinski definition) is 1. The summed E-state index contributed by atoms with van der Waals surface area (Å²) in [5, 5.41) is 3.59. The van der Waals surface area contributed by atoms with Crippen LogP contribution in [0.2, 0.25) is 0 Å². The number of aromatic nitrogens is 2. The Bertz CT molecular complexity index is 673. The van der Waals surface area contributed by atoms with Gasteiger partial charge in [0.25, 0.3) is 0 Å². The van der Waals surface area contributed by atoms with Crippen LogP contribution < -0.4 is 10.1 Å². The van der Waals surface area contributed by atoms with Gasteiger partial charge in [0.2, 0.25) is 0 Å². The van der Waals surface area contributed by atoms with Gasteiger partial charge in [0.15, 0.2) is 0 Å². The van der Waals surface area contributed by atoms with Crippen molar-refractivity contribution in [2.75, 3.05) is 33.3 Å². The van der Waals surface area contributed by atoms with Crippen LogP contribution in [0.4, 0.5) is 0 Å². The van der Waals surface area contributed by atoms with Crippen LogP contribution in [0.3, 0.4) is 0 Å². The molecule has 24 heavy (non-hydrogen) atoms. The van der Waals surface area contributed by atoms with Crippen molar-refractivity contribution in [2.45, 2.75) is 25.8 Å². The van der Waals surface area contributed by atoms with Gasteiger partial charge in [0, 0.05) is 31.2 Å². The molecule has 0 amide bonds. The third-order valence-corrected chi connectivity index (χ3v) is 5.51. The van der Waals surface area contributed by atoms with Crippen molar-refractivity contribution in [2.24, 2.45) is 5.41 Å². The highest BCUT2D eigenvalue weighted by Crippen LogP contribution is 2.36. The van der Waals surface area contributed by atoms with Crippen LogP contribution in [0.25, 0.3) is 5.69 Å². The molecule has 5 heteroatoms. The fourth-order valence-electron chi connectivity index (χ4n) is 4.17. The molecule has 5 nitrogen and oxygen atoms in total. The highest BCUT2D eigenvalue weighted by molar-refractivity contribution is 5.38. The van der Waals surface area contributed by atoms with E-state index >= 15 is 0 Å². The Morgan fingerprint density at radius 1 is 1.25 bits per heavy atom. The van der Waals surface area contributed by atoms with Gasteiger partial charge in [-0.2, -0.15) is 0 Å². The molecule has 0 bridgehead atoms. The molecular formula is C19H26N4O. The molecule has 1 N–H and O–H groups in total. The second-order valence-electron chi connectivity index (χ2n) is 7.15. The zero-order valence-electron chi connectivity index (χ0n) is 14.4. The van der Waals surface area contributed by atoms with Gasteiger partial charge in [0.1, 0.15) is 11.6 Å². The van der Waals surface area contributed by atoms with Crippen LogP contribution in [0.5, 0.6) is 5.75 Å². The lowest BCUT2D eigenvalue weighted by Gasteiger charge is -2.34. The lowest BCUT2D eigenvalue weighted by atomic mass is 9.80. The zero-order chi connectivity index (χ0) is 16.4. The first kappa shape index (κ1) is 15.7. The minimum Gasteiger partial charge on any atom is -0.497 e. The average molecular weight is 326 g/mol. The van der Waals surface area contributed by atoms with E-state index in [1.165, 1.54) is 45.4 Å². The number of nitrogens with zero attached hydrogens (tertiary/aromatic N) is 3. The molecule has 2 saturated heterocycles. The monoisotopic (exact) mass is 326 g/mol. The van der Waals surface area contributed by atoms with E-state index in [0.717, 1.165) is 23.8 Å². The van der Waals surface area contributed by atoms with Crippen molar-refractivity contribution in [1.82, 2.24) is 19.8 Å². The summed E-state index contributed by atoms with van der Waals surface area (Å²) >= 11 is 0. The Morgan fingerprint density at radius 2 is 2.12 bits per heavy atom. The summed E-state index contributed by atoms with van der Waals surface area (Å²) in [5.41, 5.74) is 1.63. The number of ether oxygens (including phenoxy) is 1. The van der Waals surface area contributed by atoms with Gasteiger partial charge in [-0.25, -0.2) is 4.98 Å². The minimum absolute atomic E-state index is 0.496. The second kappa shape index (κ2) is 6.57. The maximum atomic E-state index is 5.25. The van der Waals surface area contributed by atoms with Crippen molar-refractivity contribution >= 4 is 0 Å². The van der Waals surface area contributed by atoms with Crippen molar-refractivity contribution in [3.63, 3.8) is 0 Å². The Balaban J connectivity index is 1.47. The summed E-state index contributed by atoms with van der Waals surface area (Å²) in [6.07, 6.45) is 7.93. The van der Waals surface area contributed by atoms with Crippen LogP contribution in [0.1, 0.15) is 25.1 Å². The summed E-state index contributed by atoms with van der Waals surface area (Å²) < 4.78 is 7.43. The highest BCUT2D eigenvalue weighted by atomic mass is 16.5. The van der Waals surface area contributed by atoms with E-state index < -0.39 is 0 Å². The molecule has 1 unspecified atom stereocenters. The zero-order valence-corrected chi connectivity index (χ0v) is 14.4. The van der Waals surface area contributed by atoms with E-state index in [9.17, 15) is 0 Å². The summed E-state index contributed by atoms with van der Waals surface area (Å²) in [6, 6.07) is 8.16. The first-order valence-electron chi connectivity index (χ1n) is 8.88. The number of piperidine rings is 1. The molecule has 4 rings (SSSR count). The third kappa shape index (κ3) is 3.06. The van der Waals surface area contributed by atoms with E-state index in [1.54, 1.807) is 7.11 Å². The minimum atomic E-state index is 0.496. The predicted octanol–water partition coefficient (Wildman–Crippen LogP) is 2.46. The molecule has 128 valence electrons. The fraction of sp³-hybridized carbons (Fsp3) is 0.526. The largest absolute Gasteiger partial charge is 0.497 e. The van der Waals surface area contributed by atoms with Gasteiger partial charge in [-0.05, 0) is 62.0 Å². The Kier molecular flexibility index (Phi) is 4.29. The van der Waals surface area contributed by atoms with Crippen LogP contribution in [0.15, 0.2) is 36.7 Å². The highest BCUT2D eigenvalue weighted by Gasteiger charge is 2.39. The maximum Gasteiger partial charge on any atom is 0.127 e. The van der Waals surface area contributed by atoms with Crippen LogP contribution >= 0.6 is 0 Å². The van der Waals surface area contributed by atoms with Crippen molar-refractivity contribution in [3.8, 4) is 11.4 Å². The van der Waals surface area contributed by atoms with Crippen molar-refractivity contribution in [1.29, 1.82) is 0 Å². The summed E-state index contributed by atoms with van der Waals surface area (Å²) in [7, 11) is 1.70. The van der Waals surface area contributed by atoms with Crippen LogP contribution in [-0.2, 0) is 6.54 Å². The molecule has 0 radical (unpaired) electrons. The molecule has 2 aromatic rings. The predicted molar refractivity (Wildman–Crippen MR) is 94.5 cm³/mol. The third-order valence-electron chi connectivity index (χ3n) is 5.51. The molecule has 1 aromatic heterocycles. The molecule has 1 atom stereocenters. The molecule has 1 spiro atoms. The molecule has 3 heterocycles. The number of imidazole rings is 1. The Morgan fingerprint density at radius 3 is 2.88 bits per heavy atom. The van der Waals surface area contributed by atoms with Gasteiger partial charge in [-0.1, -0.05) is 0 Å². The topological polar surface area (TPSA) is 42.3 Å². The van der Waals surface area contributed by atoms with Gasteiger partial charge >= 0.3 is 0 Å². The van der Waals surface area contributed by atoms with Crippen molar-refractivity contribution < 1.29 is 4.74 Å². The van der Waals surface area contributed by atoms with E-state index in [1.807, 2.05) is 24.5 Å². The van der Waals surface area contributed by atoms with E-state index in [0.29, 0.717) is 5.41 Å². The lowest BCUT2D eigenvalue weighted by Crippen LogP contribution is -2.41. The van der Waals surface area contributed by atoms with E-state index in [4.69, 9.17) is 4.74 Å². The van der Waals surface area contributed by atoms with E-state index in [-0.39, 0.29) is 0 Å². The van der Waals surface area contributed by atoms with Crippen molar-refractivity contribution in [3.05, 3.63) is 42.5 Å². The number of rotatable bonds is 4. The first-order valence-corrected chi connectivity index (χ1v) is 8.88. The standard InChI is InChI=1S/C19H26N4O/c1-24-17-5-3-16(4-6-17)23-12-10-21-18(23)13-22-11-8-19(15-22)7-2-9-20-14-19/h3-6,10,12,20H,2,7-9,11,13-15H2,1H3. The quantitative estimate of drug-likeness (QED) is 0.937. The molecule has 0 saturated carbocycles. The maximum absolute atomic E-state index is 5.25. The molecule has 0 aliphatic carbocycles. The van der Waals surface area contributed by atoms with Gasteiger partial charge in [-0.15, -0.1) is 0 Å². The number of nitrogens with one attached hydrogen (secondary N) is 1. The number of hydrogen-bond acceptors (Lipinski definition) is 4. The smallest absolute Gasteiger partial charge is 0.127 e. The molecule has 2 aliphatic heterocycles. The van der Waals surface area contributed by atoms with Crippen LogP contribution in [-0.4, -0.2) is 47.7 Å². The Hall–Kier alpha value is -1.85. The number of benzene rings is 1. The molecule has 2 fully saturated rings. The Labute approximate surface area is 143 Å². The summed E-state index contributed by atoms with van der Waals surface area (Å²) in [6.45, 7) is 5.65. The van der Waals surface area contributed by atoms with Gasteiger partial charge < -0.3 is 14.6 Å². The lowest BCUT2D eigenvalue weighted by molar-refractivity contribution is 0.197. The number of likely N-dealkylation sites (tertiary alicyclic amines) is 1. The first-order chi connectivity index (χ1) is 11.8. The molecule has 1 aromatic carbocycles. The van der Waals surface area contributed by atoms with Gasteiger partial charge in [-0.3, -0.25) is 4.90 Å². The van der Waals surface area contributed by atoms with Crippen LogP contribution in [0, 0.1) is 5.41 Å². The summed E-state index contributed by atoms with van der Waals surface area (Å²) in [4.78, 5) is 7.17. The number of methoxy groups -OCH3 is 1. The van der Waals surface area contributed by atoms with E-state index in [2.05, 4.69) is 31.9 Å². The average Bonchev–Trinajstić information content (AvgIpc) is 3.24. The molecular weight excluding hydrogens is 300 g/mol. The summed E-state index contributed by atoms with van der Waals surface area (Å²) in [5.74, 6) is 1.99. The second-order valence-corrected chi connectivity index (χ2v) is 7.15.